The summed E-state index contributed by atoms with van der Waals surface area (Å²) in [6.07, 6.45) is 7.86. The van der Waals surface area contributed by atoms with Crippen LogP contribution in [-0.2, 0) is 12.8 Å². The van der Waals surface area contributed by atoms with Crippen LogP contribution in [0.5, 0.6) is 0 Å². The van der Waals surface area contributed by atoms with Crippen LogP contribution in [0.2, 0.25) is 0 Å². The van der Waals surface area contributed by atoms with Crippen LogP contribution >= 0.6 is 0 Å². The summed E-state index contributed by atoms with van der Waals surface area (Å²) in [7, 11) is 0. The molecule has 0 fully saturated rings. The number of hydrogen-bond acceptors (Lipinski definition) is 3. The van der Waals surface area contributed by atoms with E-state index in [2.05, 4.69) is 30.4 Å². The molecule has 0 aliphatic heterocycles. The number of unbranched alkanes of at least 4 members (excludes halogenated alkanes) is 2. The fourth-order valence-electron chi connectivity index (χ4n) is 3.36. The molecule has 1 heterocycles. The zero-order valence-electron chi connectivity index (χ0n) is 13.5. The lowest BCUT2D eigenvalue weighted by atomic mass is 9.92. The van der Waals surface area contributed by atoms with Gasteiger partial charge in [-0.2, -0.15) is 0 Å². The van der Waals surface area contributed by atoms with Gasteiger partial charge in [0.25, 0.3) is 0 Å². The Morgan fingerprint density at radius 2 is 2.00 bits per heavy atom. The quantitative estimate of drug-likeness (QED) is 0.792. The van der Waals surface area contributed by atoms with E-state index in [0.717, 1.165) is 44.2 Å². The normalized spacial score (nSPS) is 14.1. The number of benzene rings is 1. The fraction of sp³-hybridized carbons (Fsp3) is 0.526. The molecule has 0 saturated heterocycles. The molecule has 1 aliphatic carbocycles. The molecule has 1 aromatic heterocycles. The number of anilines is 1. The Morgan fingerprint density at radius 1 is 1.14 bits per heavy atom. The van der Waals surface area contributed by atoms with Gasteiger partial charge in [0.05, 0.1) is 5.52 Å². The fourth-order valence-corrected chi connectivity index (χ4v) is 3.36. The molecule has 2 aromatic rings. The maximum Gasteiger partial charge on any atom is 0.0728 e. The standard InChI is InChI=1S/C19H26N2O/c1-14-9-10-16-18(13-14)21-17-8-4-3-7-15(17)19(16)20-11-5-2-6-12-22/h9-10,13,22H,2-8,11-12H2,1H3,(H,20,21). The van der Waals surface area contributed by atoms with Crippen molar-refractivity contribution >= 4 is 16.6 Å². The summed E-state index contributed by atoms with van der Waals surface area (Å²) in [5.41, 5.74) is 6.43. The maximum absolute atomic E-state index is 8.88. The number of hydrogen-bond donors (Lipinski definition) is 2. The predicted molar refractivity (Wildman–Crippen MR) is 92.5 cm³/mol. The molecule has 3 heteroatoms. The highest BCUT2D eigenvalue weighted by Crippen LogP contribution is 2.33. The summed E-state index contributed by atoms with van der Waals surface area (Å²) in [6, 6.07) is 6.58. The monoisotopic (exact) mass is 298 g/mol. The van der Waals surface area contributed by atoms with Gasteiger partial charge in [-0.3, -0.25) is 4.98 Å². The molecule has 118 valence electrons. The molecule has 22 heavy (non-hydrogen) atoms. The predicted octanol–water partition coefficient (Wildman–Crippen LogP) is 4.00. The van der Waals surface area contributed by atoms with Gasteiger partial charge in [0.15, 0.2) is 0 Å². The highest BCUT2D eigenvalue weighted by Gasteiger charge is 2.17. The van der Waals surface area contributed by atoms with Crippen LogP contribution in [0.15, 0.2) is 18.2 Å². The third-order valence-electron chi connectivity index (χ3n) is 4.56. The van der Waals surface area contributed by atoms with Gasteiger partial charge in [0, 0.05) is 29.9 Å². The Labute approximate surface area is 132 Å². The number of aromatic nitrogens is 1. The molecular formula is C19H26N2O. The number of aryl methyl sites for hydroxylation is 2. The topological polar surface area (TPSA) is 45.1 Å². The van der Waals surface area contributed by atoms with Crippen molar-refractivity contribution in [3.8, 4) is 0 Å². The Kier molecular flexibility index (Phi) is 4.94. The lowest BCUT2D eigenvalue weighted by Crippen LogP contribution is -2.12. The first-order valence-corrected chi connectivity index (χ1v) is 8.56. The molecule has 3 nitrogen and oxygen atoms in total. The van der Waals surface area contributed by atoms with E-state index >= 15 is 0 Å². The Hall–Kier alpha value is -1.61. The summed E-state index contributed by atoms with van der Waals surface area (Å²) in [6.45, 7) is 3.40. The minimum atomic E-state index is 0.298. The lowest BCUT2D eigenvalue weighted by molar-refractivity contribution is 0.283. The van der Waals surface area contributed by atoms with Crippen LogP contribution in [0, 0.1) is 6.92 Å². The van der Waals surface area contributed by atoms with Crippen LogP contribution in [0.1, 0.15) is 48.9 Å². The van der Waals surface area contributed by atoms with E-state index in [4.69, 9.17) is 10.1 Å². The summed E-state index contributed by atoms with van der Waals surface area (Å²) in [5, 5.41) is 13.8. The van der Waals surface area contributed by atoms with E-state index < -0.39 is 0 Å². The summed E-state index contributed by atoms with van der Waals surface area (Å²) < 4.78 is 0. The maximum atomic E-state index is 8.88. The smallest absolute Gasteiger partial charge is 0.0728 e. The average Bonchev–Trinajstić information content (AvgIpc) is 2.53. The largest absolute Gasteiger partial charge is 0.396 e. The second-order valence-electron chi connectivity index (χ2n) is 6.35. The summed E-state index contributed by atoms with van der Waals surface area (Å²) in [5.74, 6) is 0. The molecule has 0 amide bonds. The molecule has 1 aliphatic rings. The van der Waals surface area contributed by atoms with Gasteiger partial charge < -0.3 is 10.4 Å². The van der Waals surface area contributed by atoms with Crippen LogP contribution in [0.4, 0.5) is 5.69 Å². The van der Waals surface area contributed by atoms with Crippen LogP contribution in [0.25, 0.3) is 10.9 Å². The van der Waals surface area contributed by atoms with E-state index in [1.807, 2.05) is 0 Å². The zero-order chi connectivity index (χ0) is 15.4. The van der Waals surface area contributed by atoms with Crippen molar-refractivity contribution in [1.82, 2.24) is 4.98 Å². The first-order chi connectivity index (χ1) is 10.8. The number of pyridine rings is 1. The molecule has 0 atom stereocenters. The summed E-state index contributed by atoms with van der Waals surface area (Å²) >= 11 is 0. The number of nitrogens with zero attached hydrogens (tertiary/aromatic N) is 1. The number of nitrogens with one attached hydrogen (secondary N) is 1. The van der Waals surface area contributed by atoms with E-state index in [-0.39, 0.29) is 0 Å². The third-order valence-corrected chi connectivity index (χ3v) is 4.56. The van der Waals surface area contributed by atoms with Gasteiger partial charge in [0.2, 0.25) is 0 Å². The third kappa shape index (κ3) is 3.25. The molecule has 0 spiro atoms. The molecule has 2 N–H and O–H groups in total. The molecule has 0 saturated carbocycles. The van der Waals surface area contributed by atoms with Crippen LogP contribution < -0.4 is 5.32 Å². The first kappa shape index (κ1) is 15.3. The molecule has 0 radical (unpaired) electrons. The van der Waals surface area contributed by atoms with E-state index in [1.165, 1.54) is 40.7 Å². The molecule has 1 aromatic carbocycles. The van der Waals surface area contributed by atoms with E-state index in [0.29, 0.717) is 6.61 Å². The summed E-state index contributed by atoms with van der Waals surface area (Å²) in [4.78, 5) is 4.92. The van der Waals surface area contributed by atoms with E-state index in [9.17, 15) is 0 Å². The van der Waals surface area contributed by atoms with E-state index in [1.54, 1.807) is 0 Å². The number of aliphatic hydroxyl groups excluding tert-OH is 1. The second-order valence-corrected chi connectivity index (χ2v) is 6.35. The molecule has 3 rings (SSSR count). The van der Waals surface area contributed by atoms with Gasteiger partial charge in [-0.05, 0) is 69.1 Å². The first-order valence-electron chi connectivity index (χ1n) is 8.56. The number of rotatable bonds is 6. The van der Waals surface area contributed by atoms with Crippen molar-refractivity contribution in [2.75, 3.05) is 18.5 Å². The molecule has 0 unspecified atom stereocenters. The van der Waals surface area contributed by atoms with Gasteiger partial charge in [0.1, 0.15) is 0 Å². The van der Waals surface area contributed by atoms with Gasteiger partial charge >= 0.3 is 0 Å². The van der Waals surface area contributed by atoms with Gasteiger partial charge in [-0.15, -0.1) is 0 Å². The molecule has 0 bridgehead atoms. The van der Waals surface area contributed by atoms with Crippen molar-refractivity contribution in [1.29, 1.82) is 0 Å². The van der Waals surface area contributed by atoms with Crippen LogP contribution in [0.3, 0.4) is 0 Å². The number of fused-ring (bicyclic) bond motifs is 2. The molecular weight excluding hydrogens is 272 g/mol. The van der Waals surface area contributed by atoms with Crippen molar-refractivity contribution in [3.05, 3.63) is 35.0 Å². The van der Waals surface area contributed by atoms with Crippen molar-refractivity contribution in [2.45, 2.75) is 51.9 Å². The second kappa shape index (κ2) is 7.10. The highest BCUT2D eigenvalue weighted by atomic mass is 16.2. The Balaban J connectivity index is 1.91. The SMILES string of the molecule is Cc1ccc2c(NCCCCCO)c3c(nc2c1)CCCC3. The number of aliphatic hydroxyl groups is 1. The Bertz CT molecular complexity index is 651. The minimum Gasteiger partial charge on any atom is -0.396 e. The highest BCUT2D eigenvalue weighted by molar-refractivity contribution is 5.94. The van der Waals surface area contributed by atoms with Crippen molar-refractivity contribution < 1.29 is 5.11 Å². The van der Waals surface area contributed by atoms with Gasteiger partial charge in [-0.1, -0.05) is 12.1 Å². The van der Waals surface area contributed by atoms with Crippen LogP contribution in [-0.4, -0.2) is 23.2 Å². The van der Waals surface area contributed by atoms with Gasteiger partial charge in [-0.25, -0.2) is 0 Å². The van der Waals surface area contributed by atoms with Crippen molar-refractivity contribution in [2.24, 2.45) is 0 Å². The minimum absolute atomic E-state index is 0.298. The lowest BCUT2D eigenvalue weighted by Gasteiger charge is -2.22. The zero-order valence-corrected chi connectivity index (χ0v) is 13.5. The Morgan fingerprint density at radius 3 is 2.86 bits per heavy atom. The van der Waals surface area contributed by atoms with Crippen molar-refractivity contribution in [3.63, 3.8) is 0 Å². The average molecular weight is 298 g/mol.